The lowest BCUT2D eigenvalue weighted by Gasteiger charge is -2.09. The molecule has 1 aromatic heterocycles. The van der Waals surface area contributed by atoms with E-state index in [9.17, 15) is 9.59 Å². The Morgan fingerprint density at radius 3 is 2.84 bits per heavy atom. The van der Waals surface area contributed by atoms with Gasteiger partial charge in [0.2, 0.25) is 5.82 Å². The zero-order chi connectivity index (χ0) is 13.8. The molecule has 0 aliphatic heterocycles. The quantitative estimate of drug-likeness (QED) is 0.851. The van der Waals surface area contributed by atoms with E-state index in [2.05, 4.69) is 15.4 Å². The number of benzene rings is 1. The molecule has 0 atom stereocenters. The summed E-state index contributed by atoms with van der Waals surface area (Å²) < 4.78 is 6.45. The Labute approximate surface area is 109 Å². The van der Waals surface area contributed by atoms with E-state index in [-0.39, 0.29) is 5.82 Å². The SMILES string of the molecule is CCOc1ccccc1NC(=O)c1nn(C)c(=O)[nH]1. The first-order chi connectivity index (χ1) is 9.11. The molecule has 0 saturated carbocycles. The summed E-state index contributed by atoms with van der Waals surface area (Å²) in [5.74, 6) is 0.0280. The Hall–Kier alpha value is -2.57. The molecule has 0 fully saturated rings. The lowest BCUT2D eigenvalue weighted by Crippen LogP contribution is -2.15. The first kappa shape index (κ1) is 12.9. The molecule has 7 heteroatoms. The van der Waals surface area contributed by atoms with Gasteiger partial charge >= 0.3 is 5.69 Å². The molecule has 2 N–H and O–H groups in total. The second-order valence-electron chi connectivity index (χ2n) is 3.79. The number of carbonyl (C=O) groups is 1. The number of carbonyl (C=O) groups excluding carboxylic acids is 1. The van der Waals surface area contributed by atoms with Crippen LogP contribution in [0.5, 0.6) is 5.75 Å². The number of ether oxygens (including phenoxy) is 1. The molecule has 2 rings (SSSR count). The molecule has 0 saturated heterocycles. The van der Waals surface area contributed by atoms with Crippen LogP contribution in [0.25, 0.3) is 0 Å². The van der Waals surface area contributed by atoms with Crippen LogP contribution in [0.3, 0.4) is 0 Å². The van der Waals surface area contributed by atoms with Gasteiger partial charge in [-0.25, -0.2) is 9.48 Å². The summed E-state index contributed by atoms with van der Waals surface area (Å²) in [6.07, 6.45) is 0. The van der Waals surface area contributed by atoms with E-state index in [1.54, 1.807) is 18.2 Å². The standard InChI is InChI=1S/C12H14N4O3/c1-3-19-9-7-5-4-6-8(9)13-11(17)10-14-12(18)16(2)15-10/h4-7H,3H2,1-2H3,(H,13,17)(H,14,15,18). The Balaban J connectivity index is 2.21. The maximum atomic E-state index is 11.9. The van der Waals surface area contributed by atoms with Crippen molar-refractivity contribution in [2.24, 2.45) is 7.05 Å². The highest BCUT2D eigenvalue weighted by atomic mass is 16.5. The van der Waals surface area contributed by atoms with E-state index >= 15 is 0 Å². The van der Waals surface area contributed by atoms with Crippen molar-refractivity contribution in [2.45, 2.75) is 6.92 Å². The van der Waals surface area contributed by atoms with E-state index in [1.165, 1.54) is 7.05 Å². The fourth-order valence-corrected chi connectivity index (χ4v) is 1.54. The maximum Gasteiger partial charge on any atom is 0.343 e. The predicted octanol–water partition coefficient (Wildman–Crippen LogP) is 0.759. The Bertz CT molecular complexity index is 644. The fraction of sp³-hybridized carbons (Fsp3) is 0.250. The Kier molecular flexibility index (Phi) is 3.65. The van der Waals surface area contributed by atoms with Crippen LogP contribution >= 0.6 is 0 Å². The van der Waals surface area contributed by atoms with Crippen LogP contribution in [0.4, 0.5) is 5.69 Å². The number of amides is 1. The number of H-pyrrole nitrogens is 1. The van der Waals surface area contributed by atoms with Crippen molar-refractivity contribution in [1.29, 1.82) is 0 Å². The molecule has 1 amide bonds. The number of aromatic nitrogens is 3. The van der Waals surface area contributed by atoms with Crippen LogP contribution in [0, 0.1) is 0 Å². The first-order valence-corrected chi connectivity index (χ1v) is 5.78. The number of nitrogens with zero attached hydrogens (tertiary/aromatic N) is 2. The topological polar surface area (TPSA) is 89.0 Å². The summed E-state index contributed by atoms with van der Waals surface area (Å²) in [7, 11) is 1.46. The zero-order valence-corrected chi connectivity index (χ0v) is 10.6. The van der Waals surface area contributed by atoms with Crippen molar-refractivity contribution in [3.63, 3.8) is 0 Å². The average Bonchev–Trinajstić information content (AvgIpc) is 2.72. The zero-order valence-electron chi connectivity index (χ0n) is 10.6. The Morgan fingerprint density at radius 1 is 1.47 bits per heavy atom. The number of para-hydroxylation sites is 2. The van der Waals surface area contributed by atoms with Crippen LogP contribution in [-0.2, 0) is 7.05 Å². The lowest BCUT2D eigenvalue weighted by molar-refractivity contribution is 0.101. The van der Waals surface area contributed by atoms with Gasteiger partial charge in [-0.15, -0.1) is 5.10 Å². The van der Waals surface area contributed by atoms with Gasteiger partial charge < -0.3 is 10.1 Å². The third-order valence-electron chi connectivity index (χ3n) is 2.42. The molecule has 0 unspecified atom stereocenters. The van der Waals surface area contributed by atoms with Crippen LogP contribution in [-0.4, -0.2) is 27.3 Å². The number of nitrogens with one attached hydrogen (secondary N) is 2. The normalized spacial score (nSPS) is 10.2. The number of aromatic amines is 1. The van der Waals surface area contributed by atoms with Crippen molar-refractivity contribution >= 4 is 11.6 Å². The summed E-state index contributed by atoms with van der Waals surface area (Å²) in [6, 6.07) is 7.05. The summed E-state index contributed by atoms with van der Waals surface area (Å²) in [4.78, 5) is 25.5. The fourth-order valence-electron chi connectivity index (χ4n) is 1.54. The number of rotatable bonds is 4. The van der Waals surface area contributed by atoms with Crippen molar-refractivity contribution < 1.29 is 9.53 Å². The van der Waals surface area contributed by atoms with Gasteiger partial charge in [0.15, 0.2) is 0 Å². The van der Waals surface area contributed by atoms with Gasteiger partial charge in [0, 0.05) is 7.05 Å². The van der Waals surface area contributed by atoms with Crippen LogP contribution in [0.15, 0.2) is 29.1 Å². The second kappa shape index (κ2) is 5.38. The largest absolute Gasteiger partial charge is 0.492 e. The van der Waals surface area contributed by atoms with Crippen LogP contribution < -0.4 is 15.7 Å². The third-order valence-corrected chi connectivity index (χ3v) is 2.42. The monoisotopic (exact) mass is 262 g/mol. The van der Waals surface area contributed by atoms with Crippen LogP contribution in [0.1, 0.15) is 17.5 Å². The molecule has 1 aromatic carbocycles. The molecule has 100 valence electrons. The molecular weight excluding hydrogens is 248 g/mol. The smallest absolute Gasteiger partial charge is 0.343 e. The molecular formula is C12H14N4O3. The van der Waals surface area contributed by atoms with Gasteiger partial charge in [-0.2, -0.15) is 0 Å². The third kappa shape index (κ3) is 2.82. The maximum absolute atomic E-state index is 11.9. The minimum absolute atomic E-state index is 0.0428. The predicted molar refractivity (Wildman–Crippen MR) is 69.4 cm³/mol. The molecule has 7 nitrogen and oxygen atoms in total. The summed E-state index contributed by atoms with van der Waals surface area (Å²) >= 11 is 0. The lowest BCUT2D eigenvalue weighted by atomic mass is 10.3. The average molecular weight is 262 g/mol. The van der Waals surface area contributed by atoms with Gasteiger partial charge in [-0.05, 0) is 19.1 Å². The summed E-state index contributed by atoms with van der Waals surface area (Å²) in [6.45, 7) is 2.35. The molecule has 0 radical (unpaired) electrons. The van der Waals surface area contributed by atoms with Crippen molar-refractivity contribution in [1.82, 2.24) is 14.8 Å². The van der Waals surface area contributed by atoms with Crippen LogP contribution in [0.2, 0.25) is 0 Å². The van der Waals surface area contributed by atoms with Gasteiger partial charge in [-0.3, -0.25) is 9.78 Å². The molecule has 0 aliphatic carbocycles. The highest BCUT2D eigenvalue weighted by Crippen LogP contribution is 2.23. The number of aryl methyl sites for hydroxylation is 1. The van der Waals surface area contributed by atoms with Crippen molar-refractivity contribution in [3.8, 4) is 5.75 Å². The van der Waals surface area contributed by atoms with Gasteiger partial charge in [0.05, 0.1) is 12.3 Å². The van der Waals surface area contributed by atoms with Crippen molar-refractivity contribution in [3.05, 3.63) is 40.6 Å². The van der Waals surface area contributed by atoms with E-state index in [4.69, 9.17) is 4.74 Å². The first-order valence-electron chi connectivity index (χ1n) is 5.78. The Morgan fingerprint density at radius 2 is 2.21 bits per heavy atom. The molecule has 1 heterocycles. The molecule has 0 spiro atoms. The summed E-state index contributed by atoms with van der Waals surface area (Å²) in [5, 5.41) is 6.42. The molecule has 0 aliphatic rings. The van der Waals surface area contributed by atoms with Crippen molar-refractivity contribution in [2.75, 3.05) is 11.9 Å². The molecule has 2 aromatic rings. The highest BCUT2D eigenvalue weighted by molar-refractivity contribution is 6.02. The number of hydrogen-bond acceptors (Lipinski definition) is 4. The minimum atomic E-state index is -0.496. The van der Waals surface area contributed by atoms with Gasteiger partial charge in [-0.1, -0.05) is 12.1 Å². The second-order valence-corrected chi connectivity index (χ2v) is 3.79. The van der Waals surface area contributed by atoms with Gasteiger partial charge in [0.1, 0.15) is 5.75 Å². The van der Waals surface area contributed by atoms with E-state index < -0.39 is 11.6 Å². The minimum Gasteiger partial charge on any atom is -0.492 e. The number of anilines is 1. The summed E-state index contributed by atoms with van der Waals surface area (Å²) in [5.41, 5.74) is 0.0871. The van der Waals surface area contributed by atoms with E-state index in [0.717, 1.165) is 4.68 Å². The highest BCUT2D eigenvalue weighted by Gasteiger charge is 2.13. The van der Waals surface area contributed by atoms with E-state index in [1.807, 2.05) is 13.0 Å². The number of hydrogen-bond donors (Lipinski definition) is 2. The van der Waals surface area contributed by atoms with Gasteiger partial charge in [0.25, 0.3) is 5.91 Å². The molecule has 0 bridgehead atoms. The molecule has 19 heavy (non-hydrogen) atoms. The van der Waals surface area contributed by atoms with E-state index in [0.29, 0.717) is 18.0 Å².